The van der Waals surface area contributed by atoms with Crippen molar-refractivity contribution in [2.45, 2.75) is 5.41 Å². The van der Waals surface area contributed by atoms with E-state index in [0.29, 0.717) is 16.5 Å². The Hall–Kier alpha value is -8.86. The maximum atomic E-state index is 6.65. The Morgan fingerprint density at radius 2 is 0.693 bits per heavy atom. The quantitative estimate of drug-likeness (QED) is 0.141. The van der Waals surface area contributed by atoms with Crippen molar-refractivity contribution in [1.29, 1.82) is 0 Å². The molecule has 0 aliphatic heterocycles. The van der Waals surface area contributed by atoms with Gasteiger partial charge in [-0.2, -0.15) is 0 Å². The van der Waals surface area contributed by atoms with Crippen molar-refractivity contribution >= 4 is 122 Å². The first-order valence-corrected chi connectivity index (χ1v) is 25.2. The monoisotopic (exact) mass is 941 g/mol. The average molecular weight is 941 g/mol. The topological polar surface area (TPSA) is 11.4 Å². The molecule has 1 aromatic heterocycles. The largest absolute Gasteiger partial charge is 0.310 e. The van der Waals surface area contributed by atoms with E-state index in [-0.39, 0.29) is 16.4 Å². The van der Waals surface area contributed by atoms with Gasteiger partial charge in [-0.25, -0.2) is 0 Å². The van der Waals surface area contributed by atoms with Gasteiger partial charge >= 0.3 is 0 Å². The van der Waals surface area contributed by atoms with E-state index in [1.54, 1.807) is 0 Å². The van der Waals surface area contributed by atoms with Crippen LogP contribution in [0.4, 0.5) is 34.1 Å². The molecule has 0 amide bonds. The second-order valence-electron chi connectivity index (χ2n) is 19.5. The van der Waals surface area contributed by atoms with E-state index >= 15 is 0 Å². The van der Waals surface area contributed by atoms with Gasteiger partial charge in [0.05, 0.1) is 16.4 Å². The molecule has 11 aromatic carbocycles. The Morgan fingerprint density at radius 3 is 1.27 bits per heavy atom. The fourth-order valence-corrected chi connectivity index (χ4v) is 12.3. The molecule has 1 spiro atoms. The summed E-state index contributed by atoms with van der Waals surface area (Å²) in [5, 5.41) is 2.30. The minimum absolute atomic E-state index is 0.186. The van der Waals surface area contributed by atoms with Crippen LogP contribution in [-0.4, -0.2) is 43.8 Å². The van der Waals surface area contributed by atoms with E-state index in [9.17, 15) is 0 Å². The molecule has 338 valence electrons. The first-order valence-electron chi connectivity index (χ1n) is 25.2. The van der Waals surface area contributed by atoms with Crippen LogP contribution in [0.1, 0.15) is 22.3 Å². The normalized spacial score (nSPS) is 13.9. The summed E-state index contributed by atoms with van der Waals surface area (Å²) in [6.07, 6.45) is 0. The fourth-order valence-electron chi connectivity index (χ4n) is 12.3. The summed E-state index contributed by atoms with van der Waals surface area (Å²) in [5.41, 5.74) is 21.2. The lowest BCUT2D eigenvalue weighted by Crippen LogP contribution is -2.55. The second kappa shape index (κ2) is 17.4. The van der Waals surface area contributed by atoms with Crippen LogP contribution in [0.15, 0.2) is 243 Å². The molecule has 0 N–H and O–H groups in total. The van der Waals surface area contributed by atoms with Crippen molar-refractivity contribution in [2.24, 2.45) is 0 Å². The molecule has 10 radical (unpaired) electrons. The van der Waals surface area contributed by atoms with Crippen molar-refractivity contribution in [3.05, 3.63) is 265 Å². The zero-order valence-corrected chi connectivity index (χ0v) is 40.8. The van der Waals surface area contributed by atoms with Crippen LogP contribution in [0.5, 0.6) is 0 Å². The van der Waals surface area contributed by atoms with Crippen molar-refractivity contribution in [1.82, 2.24) is 4.57 Å². The van der Waals surface area contributed by atoms with Gasteiger partial charge in [-0.15, -0.1) is 16.4 Å². The zero-order chi connectivity index (χ0) is 50.5. The minimum atomic E-state index is -0.657. The van der Waals surface area contributed by atoms with Crippen molar-refractivity contribution in [3.63, 3.8) is 0 Å². The van der Waals surface area contributed by atoms with E-state index in [1.165, 1.54) is 44.5 Å². The van der Waals surface area contributed by atoms with E-state index < -0.39 is 5.41 Å². The number of nitrogens with zero attached hydrogens (tertiary/aromatic N) is 3. The molecule has 0 saturated carbocycles. The summed E-state index contributed by atoms with van der Waals surface area (Å²) in [7, 11) is 32.4. The highest BCUT2D eigenvalue weighted by Gasteiger charge is 2.52. The molecule has 75 heavy (non-hydrogen) atoms. The molecule has 2 aliphatic carbocycles. The Kier molecular flexibility index (Phi) is 10.4. The Morgan fingerprint density at radius 1 is 0.293 bits per heavy atom. The standard InChI is InChI=1S/C67H40B5N3/c68-62-61(63(69)65(71)66(72)64(62)70)41-28-30-45(31-29-41)74(46-34-37-60-54(38-46)53-24-12-15-27-59(53)75(60)44-20-8-3-9-21-44)48-33-36-52-50-23-11-14-26-56(50)67(58(52)40-48)55-25-13-10-22-49(55)51-35-32-47(39-57(51)67)73(42-16-4-1-5-17-42)43-18-6-2-7-19-43/h1-40H. The fraction of sp³-hybridized carbons (Fsp3) is 0.0149. The van der Waals surface area contributed by atoms with E-state index in [2.05, 4.69) is 245 Å². The van der Waals surface area contributed by atoms with Gasteiger partial charge in [0.1, 0.15) is 39.2 Å². The molecule has 12 aromatic rings. The maximum Gasteiger partial charge on any atom is 0.113 e. The zero-order valence-electron chi connectivity index (χ0n) is 40.8. The van der Waals surface area contributed by atoms with Gasteiger partial charge in [0.25, 0.3) is 0 Å². The smallest absolute Gasteiger partial charge is 0.113 e. The van der Waals surface area contributed by atoms with Gasteiger partial charge < -0.3 is 14.4 Å². The average Bonchev–Trinajstić information content (AvgIpc) is 4.13. The maximum absolute atomic E-state index is 6.65. The van der Waals surface area contributed by atoms with Crippen LogP contribution in [0, 0.1) is 0 Å². The van der Waals surface area contributed by atoms with Crippen LogP contribution in [0.25, 0.3) is 60.9 Å². The molecule has 0 fully saturated rings. The highest BCUT2D eigenvalue weighted by atomic mass is 15.1. The van der Waals surface area contributed by atoms with Crippen LogP contribution in [0.2, 0.25) is 0 Å². The predicted octanol–water partition coefficient (Wildman–Crippen LogP) is 11.7. The van der Waals surface area contributed by atoms with Crippen LogP contribution >= 0.6 is 0 Å². The van der Waals surface area contributed by atoms with Crippen molar-refractivity contribution in [3.8, 4) is 39.1 Å². The number of aromatic nitrogens is 1. The SMILES string of the molecule is [B]c1c([B])c([B])c(-c2ccc(N(c3ccc4c(c3)C3(c5ccccc5-c5ccc(N(c6ccccc6)c6ccccc6)cc53)c3ccccc3-4)c3ccc4c(c3)c3ccccc3n4-c3ccccc3)cc2)c([B])c1[B]. The van der Waals surface area contributed by atoms with Crippen LogP contribution in [0.3, 0.4) is 0 Å². The summed E-state index contributed by atoms with van der Waals surface area (Å²) in [5.74, 6) is 0. The third-order valence-electron chi connectivity index (χ3n) is 15.6. The lowest BCUT2D eigenvalue weighted by atomic mass is 9.60. The van der Waals surface area contributed by atoms with Gasteiger partial charge in [-0.1, -0.05) is 157 Å². The summed E-state index contributed by atoms with van der Waals surface area (Å²) in [6.45, 7) is 0. The first-order chi connectivity index (χ1) is 36.8. The van der Waals surface area contributed by atoms with Crippen LogP contribution < -0.4 is 37.1 Å². The Balaban J connectivity index is 1.01. The summed E-state index contributed by atoms with van der Waals surface area (Å²) >= 11 is 0. The van der Waals surface area contributed by atoms with Gasteiger partial charge in [0.2, 0.25) is 0 Å². The molecule has 14 rings (SSSR count). The van der Waals surface area contributed by atoms with Gasteiger partial charge in [0.15, 0.2) is 0 Å². The lowest BCUT2D eigenvalue weighted by molar-refractivity contribution is 0.793. The van der Waals surface area contributed by atoms with E-state index in [4.69, 9.17) is 39.2 Å². The Labute approximate surface area is 443 Å². The number of rotatable bonds is 8. The lowest BCUT2D eigenvalue weighted by Gasteiger charge is -2.33. The molecule has 1 unspecified atom stereocenters. The third-order valence-corrected chi connectivity index (χ3v) is 15.6. The second-order valence-corrected chi connectivity index (χ2v) is 19.5. The highest BCUT2D eigenvalue weighted by Crippen LogP contribution is 2.64. The molecule has 8 heteroatoms. The predicted molar refractivity (Wildman–Crippen MR) is 319 cm³/mol. The van der Waals surface area contributed by atoms with Crippen molar-refractivity contribution in [2.75, 3.05) is 9.80 Å². The molecule has 0 saturated heterocycles. The minimum Gasteiger partial charge on any atom is -0.310 e. The molecule has 1 heterocycles. The number of anilines is 6. The molecule has 2 aliphatic rings. The molecular formula is C67H40B5N3. The number of para-hydroxylation sites is 4. The van der Waals surface area contributed by atoms with Gasteiger partial charge in [-0.3, -0.25) is 0 Å². The van der Waals surface area contributed by atoms with E-state index in [1.807, 2.05) is 12.1 Å². The molecule has 0 bridgehead atoms. The summed E-state index contributed by atoms with van der Waals surface area (Å²) in [6, 6.07) is 87.6. The molecule has 3 nitrogen and oxygen atoms in total. The highest BCUT2D eigenvalue weighted by molar-refractivity contribution is 6.68. The van der Waals surface area contributed by atoms with Gasteiger partial charge in [0, 0.05) is 50.6 Å². The third kappa shape index (κ3) is 6.68. The number of hydrogen-bond acceptors (Lipinski definition) is 2. The van der Waals surface area contributed by atoms with Crippen LogP contribution in [-0.2, 0) is 5.41 Å². The first kappa shape index (κ1) is 44.8. The number of hydrogen-bond donors (Lipinski definition) is 0. The summed E-state index contributed by atoms with van der Waals surface area (Å²) in [4.78, 5) is 4.72. The molecular weight excluding hydrogens is 901 g/mol. The number of fused-ring (bicyclic) bond motifs is 13. The summed E-state index contributed by atoms with van der Waals surface area (Å²) < 4.78 is 2.35. The van der Waals surface area contributed by atoms with E-state index in [0.717, 1.165) is 67.2 Å². The van der Waals surface area contributed by atoms with Gasteiger partial charge in [-0.05, 0) is 153 Å². The number of benzene rings is 11. The van der Waals surface area contributed by atoms with Crippen molar-refractivity contribution < 1.29 is 0 Å². The Bertz CT molecular complexity index is 4170. The molecule has 1 atom stereocenters.